The summed E-state index contributed by atoms with van der Waals surface area (Å²) in [6.45, 7) is -2.65. The molecule has 0 unspecified atom stereocenters. The first kappa shape index (κ1) is 20.0. The Morgan fingerprint density at radius 3 is 2.71 bits per heavy atom. The molecule has 28 heavy (non-hydrogen) atoms. The first-order valence-corrected chi connectivity index (χ1v) is 8.78. The summed E-state index contributed by atoms with van der Waals surface area (Å²) in [5.74, 6) is -0.128. The van der Waals surface area contributed by atoms with Gasteiger partial charge in [-0.05, 0) is 42.0 Å². The zero-order valence-corrected chi connectivity index (χ0v) is 15.8. The number of rotatable bonds is 6. The zero-order chi connectivity index (χ0) is 20.1. The van der Waals surface area contributed by atoms with Gasteiger partial charge in [0.15, 0.2) is 10.9 Å². The third-order valence-electron chi connectivity index (χ3n) is 3.53. The van der Waals surface area contributed by atoms with Crippen LogP contribution in [0.5, 0.6) is 5.75 Å². The molecule has 3 rings (SSSR count). The molecule has 10 heteroatoms. The Morgan fingerprint density at radius 2 is 1.96 bits per heavy atom. The number of nitrogens with zero attached hydrogens (tertiary/aromatic N) is 2. The number of nitrogens with one attached hydrogen (secondary N) is 2. The van der Waals surface area contributed by atoms with Gasteiger partial charge in [0.25, 0.3) is 0 Å². The van der Waals surface area contributed by atoms with E-state index < -0.39 is 6.61 Å². The molecule has 0 spiro atoms. The molecule has 5 nitrogen and oxygen atoms in total. The van der Waals surface area contributed by atoms with Crippen molar-refractivity contribution in [2.75, 3.05) is 10.6 Å². The predicted molar refractivity (Wildman–Crippen MR) is 106 cm³/mol. The third-order valence-corrected chi connectivity index (χ3v) is 4.01. The van der Waals surface area contributed by atoms with E-state index in [9.17, 15) is 13.2 Å². The van der Waals surface area contributed by atoms with Crippen molar-refractivity contribution >= 4 is 40.4 Å². The maximum atomic E-state index is 13.3. The highest BCUT2D eigenvalue weighted by Crippen LogP contribution is 2.26. The molecule has 0 saturated carbocycles. The maximum Gasteiger partial charge on any atom is 0.387 e. The van der Waals surface area contributed by atoms with Crippen LogP contribution in [-0.4, -0.2) is 21.5 Å². The lowest BCUT2D eigenvalue weighted by Gasteiger charge is -2.13. The van der Waals surface area contributed by atoms with Crippen LogP contribution in [-0.2, 0) is 6.54 Å². The number of aromatic nitrogens is 2. The van der Waals surface area contributed by atoms with E-state index in [-0.39, 0.29) is 33.2 Å². The van der Waals surface area contributed by atoms with Crippen molar-refractivity contribution < 1.29 is 17.9 Å². The Hall–Kier alpha value is -2.78. The molecule has 2 aromatic carbocycles. The quantitative estimate of drug-likeness (QED) is 0.535. The second-order valence-electron chi connectivity index (χ2n) is 5.61. The van der Waals surface area contributed by atoms with Gasteiger partial charge in [0.05, 0.1) is 12.2 Å². The molecule has 0 amide bonds. The highest BCUT2D eigenvalue weighted by Gasteiger charge is 2.13. The van der Waals surface area contributed by atoms with Gasteiger partial charge in [-0.1, -0.05) is 35.9 Å². The fourth-order valence-corrected chi connectivity index (χ4v) is 2.82. The highest BCUT2D eigenvalue weighted by atomic mass is 35.5. The Balaban J connectivity index is 1.67. The SMILES string of the molecule is Fc1cccc(Cn2cc(Cl)c(NC(=S)Nc3ccccc3OC(F)F)n2)c1. The van der Waals surface area contributed by atoms with Gasteiger partial charge in [-0.2, -0.15) is 13.9 Å². The summed E-state index contributed by atoms with van der Waals surface area (Å²) < 4.78 is 44.2. The first-order valence-electron chi connectivity index (χ1n) is 8.00. The van der Waals surface area contributed by atoms with E-state index in [1.807, 2.05) is 0 Å². The van der Waals surface area contributed by atoms with E-state index in [1.54, 1.807) is 30.5 Å². The minimum absolute atomic E-state index is 0.0515. The third kappa shape index (κ3) is 5.37. The van der Waals surface area contributed by atoms with Crippen molar-refractivity contribution in [2.45, 2.75) is 13.2 Å². The Bertz CT molecular complexity index is 983. The molecule has 0 saturated heterocycles. The molecule has 0 fully saturated rings. The van der Waals surface area contributed by atoms with E-state index in [4.69, 9.17) is 23.8 Å². The first-order chi connectivity index (χ1) is 13.4. The van der Waals surface area contributed by atoms with Gasteiger partial charge in [0.1, 0.15) is 16.6 Å². The molecule has 2 N–H and O–H groups in total. The number of halogens is 4. The summed E-state index contributed by atoms with van der Waals surface area (Å²) in [6, 6.07) is 12.2. The minimum Gasteiger partial charge on any atom is -0.433 e. The lowest BCUT2D eigenvalue weighted by Crippen LogP contribution is -2.20. The van der Waals surface area contributed by atoms with Crippen molar-refractivity contribution in [3.05, 3.63) is 71.1 Å². The van der Waals surface area contributed by atoms with Crippen molar-refractivity contribution in [1.29, 1.82) is 0 Å². The molecule has 0 radical (unpaired) electrons. The fraction of sp³-hybridized carbons (Fsp3) is 0.111. The van der Waals surface area contributed by atoms with E-state index in [2.05, 4.69) is 20.5 Å². The largest absolute Gasteiger partial charge is 0.433 e. The van der Waals surface area contributed by atoms with Crippen LogP contribution < -0.4 is 15.4 Å². The van der Waals surface area contributed by atoms with Crippen LogP contribution in [0.2, 0.25) is 5.02 Å². The van der Waals surface area contributed by atoms with Crippen molar-refractivity contribution in [2.24, 2.45) is 0 Å². The summed E-state index contributed by atoms with van der Waals surface area (Å²) in [5.41, 5.74) is 0.972. The maximum absolute atomic E-state index is 13.3. The second-order valence-corrected chi connectivity index (χ2v) is 6.42. The van der Waals surface area contributed by atoms with Gasteiger partial charge < -0.3 is 15.4 Å². The minimum atomic E-state index is -2.96. The molecular formula is C18H14ClF3N4OS. The smallest absolute Gasteiger partial charge is 0.387 e. The summed E-state index contributed by atoms with van der Waals surface area (Å²) >= 11 is 11.3. The lowest BCUT2D eigenvalue weighted by molar-refractivity contribution is -0.0493. The van der Waals surface area contributed by atoms with Gasteiger partial charge in [-0.25, -0.2) is 4.39 Å². The van der Waals surface area contributed by atoms with Crippen LogP contribution in [0.4, 0.5) is 24.7 Å². The number of ether oxygens (including phenoxy) is 1. The van der Waals surface area contributed by atoms with Crippen LogP contribution in [0.1, 0.15) is 5.56 Å². The molecule has 1 aromatic heterocycles. The number of hydrogen-bond acceptors (Lipinski definition) is 3. The monoisotopic (exact) mass is 426 g/mol. The van der Waals surface area contributed by atoms with Crippen LogP contribution in [0, 0.1) is 5.82 Å². The van der Waals surface area contributed by atoms with Crippen LogP contribution in [0.15, 0.2) is 54.7 Å². The van der Waals surface area contributed by atoms with Gasteiger partial charge in [0, 0.05) is 6.20 Å². The number of benzene rings is 2. The zero-order valence-electron chi connectivity index (χ0n) is 14.2. The van der Waals surface area contributed by atoms with Crippen molar-refractivity contribution in [3.8, 4) is 5.75 Å². The van der Waals surface area contributed by atoms with E-state index >= 15 is 0 Å². The average Bonchev–Trinajstić information content (AvgIpc) is 2.95. The lowest BCUT2D eigenvalue weighted by atomic mass is 10.2. The van der Waals surface area contributed by atoms with Crippen LogP contribution >= 0.6 is 23.8 Å². The van der Waals surface area contributed by atoms with Crippen LogP contribution in [0.25, 0.3) is 0 Å². The molecule has 1 heterocycles. The summed E-state index contributed by atoms with van der Waals surface area (Å²) in [4.78, 5) is 0. The van der Waals surface area contributed by atoms with E-state index in [0.29, 0.717) is 12.1 Å². The summed E-state index contributed by atoms with van der Waals surface area (Å²) in [7, 11) is 0. The molecule has 146 valence electrons. The molecule has 0 aliphatic carbocycles. The Kier molecular flexibility index (Phi) is 6.37. The summed E-state index contributed by atoms with van der Waals surface area (Å²) in [5, 5.41) is 10.2. The number of thiocarbonyl (C=S) groups is 1. The standard InChI is InChI=1S/C18H14ClF3N4OS/c19-13-10-26(9-11-4-3-5-12(20)8-11)25-16(13)24-18(28)23-14-6-1-2-7-15(14)27-17(21)22/h1-8,10,17H,9H2,(H2,23,24,25,28). The highest BCUT2D eigenvalue weighted by molar-refractivity contribution is 7.80. The van der Waals surface area contributed by atoms with E-state index in [1.165, 1.54) is 28.9 Å². The number of para-hydroxylation sites is 2. The fourth-order valence-electron chi connectivity index (χ4n) is 2.41. The van der Waals surface area contributed by atoms with Crippen LogP contribution in [0.3, 0.4) is 0 Å². The normalized spacial score (nSPS) is 10.8. The van der Waals surface area contributed by atoms with Gasteiger partial charge in [-0.3, -0.25) is 4.68 Å². The topological polar surface area (TPSA) is 51.1 Å². The predicted octanol–water partition coefficient (Wildman–Crippen LogP) is 5.13. The van der Waals surface area contributed by atoms with Gasteiger partial charge in [-0.15, -0.1) is 0 Å². The molecule has 0 aliphatic rings. The Morgan fingerprint density at radius 1 is 1.18 bits per heavy atom. The van der Waals surface area contributed by atoms with Crippen molar-refractivity contribution in [3.63, 3.8) is 0 Å². The van der Waals surface area contributed by atoms with E-state index in [0.717, 1.165) is 0 Å². The molecule has 0 bridgehead atoms. The van der Waals surface area contributed by atoms with Gasteiger partial charge >= 0.3 is 6.61 Å². The molecular weight excluding hydrogens is 413 g/mol. The number of hydrogen-bond donors (Lipinski definition) is 2. The van der Waals surface area contributed by atoms with Crippen molar-refractivity contribution in [1.82, 2.24) is 9.78 Å². The number of anilines is 2. The molecule has 0 aliphatic heterocycles. The Labute approximate surface area is 169 Å². The average molecular weight is 427 g/mol. The molecule has 3 aromatic rings. The summed E-state index contributed by atoms with van der Waals surface area (Å²) in [6.07, 6.45) is 1.56. The second kappa shape index (κ2) is 8.94. The molecule has 0 atom stereocenters. The van der Waals surface area contributed by atoms with Gasteiger partial charge in [0.2, 0.25) is 0 Å². The number of alkyl halides is 2.